The van der Waals surface area contributed by atoms with Gasteiger partial charge in [-0.15, -0.1) is 0 Å². The van der Waals surface area contributed by atoms with Gasteiger partial charge in [0.1, 0.15) is 0 Å². The Bertz CT molecular complexity index is 1690. The predicted molar refractivity (Wildman–Crippen MR) is 180 cm³/mol. The van der Waals surface area contributed by atoms with E-state index in [1.54, 1.807) is 0 Å². The lowest BCUT2D eigenvalue weighted by molar-refractivity contribution is 0.452. The Kier molecular flexibility index (Phi) is 8.28. The zero-order valence-electron chi connectivity index (χ0n) is 24.7. The average molecular weight is 561 g/mol. The van der Waals surface area contributed by atoms with Gasteiger partial charge in [-0.2, -0.15) is 0 Å². The van der Waals surface area contributed by atoms with Crippen LogP contribution in [0, 0.1) is 0 Å². The first kappa shape index (κ1) is 27.9. The summed E-state index contributed by atoms with van der Waals surface area (Å²) in [6.07, 6.45) is 5.57. The van der Waals surface area contributed by atoms with E-state index in [9.17, 15) is 0 Å². The van der Waals surface area contributed by atoms with Crippen molar-refractivity contribution in [1.82, 2.24) is 9.97 Å². The molecule has 0 bridgehead atoms. The van der Waals surface area contributed by atoms with Gasteiger partial charge in [0.2, 0.25) is 5.95 Å². The molecule has 0 unspecified atom stereocenters. The molecule has 0 fully saturated rings. The van der Waals surface area contributed by atoms with Gasteiger partial charge in [-0.1, -0.05) is 117 Å². The zero-order chi connectivity index (χ0) is 29.5. The van der Waals surface area contributed by atoms with E-state index < -0.39 is 0 Å². The van der Waals surface area contributed by atoms with Crippen LogP contribution in [0.15, 0.2) is 152 Å². The summed E-state index contributed by atoms with van der Waals surface area (Å²) in [5.41, 5.74) is 8.77. The molecule has 0 saturated carbocycles. The fraction of sp³-hybridized carbons (Fsp3) is 0.128. The standard InChI is InChI=1S/C39H36N4/c1-3-39(4-2,42-38-40-28-32(29-41-38)30-16-8-5-9-17-30)37-23-15-14-22-36(37)31-24-26-35(27-25-31)43(33-18-10-6-11-19-33)34-20-12-7-13-21-34/h5-29H,3-4H2,1-2H3,(H,40,41,42). The van der Waals surface area contributed by atoms with Gasteiger partial charge in [0.05, 0.1) is 5.54 Å². The van der Waals surface area contributed by atoms with Gasteiger partial charge in [0, 0.05) is 35.0 Å². The first-order valence-electron chi connectivity index (χ1n) is 15.0. The number of hydrogen-bond acceptors (Lipinski definition) is 4. The highest BCUT2D eigenvalue weighted by Crippen LogP contribution is 2.40. The van der Waals surface area contributed by atoms with Crippen LogP contribution < -0.4 is 10.2 Å². The lowest BCUT2D eigenvalue weighted by Crippen LogP contribution is -2.35. The second-order valence-electron chi connectivity index (χ2n) is 10.7. The van der Waals surface area contributed by atoms with Gasteiger partial charge < -0.3 is 10.2 Å². The summed E-state index contributed by atoms with van der Waals surface area (Å²) >= 11 is 0. The van der Waals surface area contributed by atoms with Crippen LogP contribution in [0.2, 0.25) is 0 Å². The van der Waals surface area contributed by atoms with Gasteiger partial charge in [0.25, 0.3) is 0 Å². The van der Waals surface area contributed by atoms with Crippen molar-refractivity contribution in [3.63, 3.8) is 0 Å². The van der Waals surface area contributed by atoms with Crippen molar-refractivity contribution < 1.29 is 0 Å². The SMILES string of the molecule is CCC(CC)(Nc1ncc(-c2ccccc2)cn1)c1ccccc1-c1ccc(N(c2ccccc2)c2ccccc2)cc1. The third-order valence-electron chi connectivity index (χ3n) is 8.23. The fourth-order valence-electron chi connectivity index (χ4n) is 5.80. The molecule has 0 aliphatic rings. The van der Waals surface area contributed by atoms with Crippen molar-refractivity contribution in [2.24, 2.45) is 0 Å². The van der Waals surface area contributed by atoms with Crippen molar-refractivity contribution in [3.05, 3.63) is 157 Å². The minimum absolute atomic E-state index is 0.330. The lowest BCUT2D eigenvalue weighted by atomic mass is 9.80. The summed E-state index contributed by atoms with van der Waals surface area (Å²) in [6, 6.07) is 48.8. The van der Waals surface area contributed by atoms with Gasteiger partial charge >= 0.3 is 0 Å². The van der Waals surface area contributed by atoms with Gasteiger partial charge in [0.15, 0.2) is 0 Å². The molecule has 4 heteroatoms. The molecule has 1 aromatic heterocycles. The summed E-state index contributed by atoms with van der Waals surface area (Å²) < 4.78 is 0. The predicted octanol–water partition coefficient (Wildman–Crippen LogP) is 10.4. The average Bonchev–Trinajstić information content (AvgIpc) is 3.09. The maximum atomic E-state index is 4.72. The van der Waals surface area contributed by atoms with E-state index >= 15 is 0 Å². The molecule has 5 aromatic carbocycles. The molecule has 0 amide bonds. The second-order valence-corrected chi connectivity index (χ2v) is 10.7. The summed E-state index contributed by atoms with van der Waals surface area (Å²) in [4.78, 5) is 11.7. The summed E-state index contributed by atoms with van der Waals surface area (Å²) in [6.45, 7) is 4.46. The second kappa shape index (κ2) is 12.7. The smallest absolute Gasteiger partial charge is 0.223 e. The molecule has 4 nitrogen and oxygen atoms in total. The molecule has 1 N–H and O–H groups in total. The Hall–Kier alpha value is -5.22. The Balaban J connectivity index is 1.33. The molecule has 0 radical (unpaired) electrons. The number of rotatable bonds is 10. The molecule has 43 heavy (non-hydrogen) atoms. The first-order chi connectivity index (χ1) is 21.2. The fourth-order valence-corrected chi connectivity index (χ4v) is 5.80. The van der Waals surface area contributed by atoms with E-state index in [0.717, 1.165) is 41.0 Å². The van der Waals surface area contributed by atoms with Crippen LogP contribution in [0.25, 0.3) is 22.3 Å². The molecule has 0 saturated heterocycles. The highest BCUT2D eigenvalue weighted by Gasteiger charge is 2.31. The number of para-hydroxylation sites is 2. The number of aromatic nitrogens is 2. The van der Waals surface area contributed by atoms with Gasteiger partial charge in [-0.05, 0) is 71.5 Å². The van der Waals surface area contributed by atoms with Crippen LogP contribution in [-0.2, 0) is 5.54 Å². The van der Waals surface area contributed by atoms with E-state index in [2.05, 4.69) is 145 Å². The van der Waals surface area contributed by atoms with Crippen LogP contribution in [-0.4, -0.2) is 9.97 Å². The molecular weight excluding hydrogens is 524 g/mol. The summed E-state index contributed by atoms with van der Waals surface area (Å²) in [5, 5.41) is 3.74. The number of hydrogen-bond donors (Lipinski definition) is 1. The highest BCUT2D eigenvalue weighted by atomic mass is 15.1. The van der Waals surface area contributed by atoms with Gasteiger partial charge in [-0.3, -0.25) is 0 Å². The van der Waals surface area contributed by atoms with Crippen LogP contribution in [0.3, 0.4) is 0 Å². The van der Waals surface area contributed by atoms with Crippen molar-refractivity contribution >= 4 is 23.0 Å². The van der Waals surface area contributed by atoms with Crippen LogP contribution >= 0.6 is 0 Å². The lowest BCUT2D eigenvalue weighted by Gasteiger charge is -2.35. The Morgan fingerprint density at radius 1 is 0.512 bits per heavy atom. The van der Waals surface area contributed by atoms with Crippen LogP contribution in [0.1, 0.15) is 32.3 Å². The monoisotopic (exact) mass is 560 g/mol. The Morgan fingerprint density at radius 3 is 1.56 bits per heavy atom. The molecular formula is C39H36N4. The van der Waals surface area contributed by atoms with E-state index in [4.69, 9.17) is 9.97 Å². The van der Waals surface area contributed by atoms with E-state index in [-0.39, 0.29) is 5.54 Å². The highest BCUT2D eigenvalue weighted by molar-refractivity contribution is 5.79. The van der Waals surface area contributed by atoms with Crippen LogP contribution in [0.5, 0.6) is 0 Å². The topological polar surface area (TPSA) is 41.1 Å². The van der Waals surface area contributed by atoms with Gasteiger partial charge in [-0.25, -0.2) is 9.97 Å². The van der Waals surface area contributed by atoms with Crippen molar-refractivity contribution in [2.45, 2.75) is 32.2 Å². The number of benzene rings is 5. The normalized spacial score (nSPS) is 11.2. The first-order valence-corrected chi connectivity index (χ1v) is 15.0. The Morgan fingerprint density at radius 2 is 1.00 bits per heavy atom. The van der Waals surface area contributed by atoms with Crippen molar-refractivity contribution in [2.75, 3.05) is 10.2 Å². The molecule has 6 aromatic rings. The molecule has 6 rings (SSSR count). The molecule has 0 aliphatic carbocycles. The van der Waals surface area contributed by atoms with Crippen molar-refractivity contribution in [3.8, 4) is 22.3 Å². The zero-order valence-corrected chi connectivity index (χ0v) is 24.7. The summed E-state index contributed by atoms with van der Waals surface area (Å²) in [5.74, 6) is 0.634. The molecule has 0 atom stereocenters. The maximum absolute atomic E-state index is 4.72. The third-order valence-corrected chi connectivity index (χ3v) is 8.23. The van der Waals surface area contributed by atoms with E-state index in [1.165, 1.54) is 16.7 Å². The van der Waals surface area contributed by atoms with E-state index in [0.29, 0.717) is 5.95 Å². The van der Waals surface area contributed by atoms with Crippen LogP contribution in [0.4, 0.5) is 23.0 Å². The molecule has 0 aliphatic heterocycles. The maximum Gasteiger partial charge on any atom is 0.223 e. The van der Waals surface area contributed by atoms with Crippen molar-refractivity contribution in [1.29, 1.82) is 0 Å². The minimum atomic E-state index is -0.330. The summed E-state index contributed by atoms with van der Waals surface area (Å²) in [7, 11) is 0. The third kappa shape index (κ3) is 5.91. The molecule has 1 heterocycles. The molecule has 212 valence electrons. The van der Waals surface area contributed by atoms with E-state index in [1.807, 2.05) is 30.6 Å². The molecule has 0 spiro atoms. The number of nitrogens with zero attached hydrogens (tertiary/aromatic N) is 3. The minimum Gasteiger partial charge on any atom is -0.345 e. The quantitative estimate of drug-likeness (QED) is 0.181. The number of anilines is 4. The number of nitrogens with one attached hydrogen (secondary N) is 1. The Labute approximate surface area is 254 Å². The largest absolute Gasteiger partial charge is 0.345 e.